The number of rotatable bonds is 5. The standard InChI is InChI=1S/C17H20N4O3S/c1-3-21-11-13(10-19-21)17-15(7-8-24-17)20-25(22,23)16-6-4-5-12(2)14(16)9-18/h4-6,10-11,15,17,20H,3,7-8H2,1-2H3/t15-,17+/m0/s1. The molecule has 132 valence electrons. The van der Waals surface area contributed by atoms with Crippen LogP contribution in [0, 0.1) is 18.3 Å². The molecule has 1 saturated heterocycles. The molecule has 0 spiro atoms. The molecule has 2 atom stereocenters. The van der Waals surface area contributed by atoms with Crippen LogP contribution in [0.2, 0.25) is 0 Å². The van der Waals surface area contributed by atoms with E-state index in [2.05, 4.69) is 9.82 Å². The van der Waals surface area contributed by atoms with Crippen molar-refractivity contribution in [2.75, 3.05) is 6.61 Å². The van der Waals surface area contributed by atoms with Crippen molar-refractivity contribution in [1.82, 2.24) is 14.5 Å². The SMILES string of the molecule is CCn1cc([C@H]2OCC[C@@H]2NS(=O)(=O)c2cccc(C)c2C#N)cn1. The van der Waals surface area contributed by atoms with Crippen LogP contribution in [0.1, 0.15) is 36.1 Å². The summed E-state index contributed by atoms with van der Waals surface area (Å²) in [7, 11) is -3.83. The second-order valence-electron chi connectivity index (χ2n) is 6.00. The Kier molecular flexibility index (Phi) is 4.90. The van der Waals surface area contributed by atoms with Gasteiger partial charge in [-0.05, 0) is 31.9 Å². The van der Waals surface area contributed by atoms with Gasteiger partial charge in [-0.1, -0.05) is 12.1 Å². The van der Waals surface area contributed by atoms with E-state index in [1.54, 1.807) is 29.9 Å². The molecule has 1 aromatic carbocycles. The summed E-state index contributed by atoms with van der Waals surface area (Å²) in [6.45, 7) is 4.90. The van der Waals surface area contributed by atoms with Crippen LogP contribution in [0.4, 0.5) is 0 Å². The Hall–Kier alpha value is -2.21. The van der Waals surface area contributed by atoms with Crippen molar-refractivity contribution < 1.29 is 13.2 Å². The van der Waals surface area contributed by atoms with Crippen molar-refractivity contribution >= 4 is 10.0 Å². The molecule has 8 heteroatoms. The monoisotopic (exact) mass is 360 g/mol. The van der Waals surface area contributed by atoms with E-state index in [1.165, 1.54) is 6.07 Å². The van der Waals surface area contributed by atoms with Gasteiger partial charge < -0.3 is 4.74 Å². The fourth-order valence-electron chi connectivity index (χ4n) is 3.01. The number of nitrogens with one attached hydrogen (secondary N) is 1. The molecule has 0 saturated carbocycles. The fraction of sp³-hybridized carbons (Fsp3) is 0.412. The van der Waals surface area contributed by atoms with E-state index in [9.17, 15) is 13.7 Å². The van der Waals surface area contributed by atoms with Gasteiger partial charge in [-0.3, -0.25) is 4.68 Å². The number of hydrogen-bond acceptors (Lipinski definition) is 5. The molecule has 0 unspecified atom stereocenters. The second-order valence-corrected chi connectivity index (χ2v) is 7.68. The molecule has 3 rings (SSSR count). The Morgan fingerprint density at radius 1 is 1.48 bits per heavy atom. The van der Waals surface area contributed by atoms with E-state index in [0.717, 1.165) is 12.1 Å². The van der Waals surface area contributed by atoms with Gasteiger partial charge in [0.15, 0.2) is 0 Å². The van der Waals surface area contributed by atoms with Crippen LogP contribution in [0.3, 0.4) is 0 Å². The van der Waals surface area contributed by atoms with Crippen molar-refractivity contribution in [2.24, 2.45) is 0 Å². The zero-order valence-electron chi connectivity index (χ0n) is 14.1. The van der Waals surface area contributed by atoms with Crippen LogP contribution in [0.15, 0.2) is 35.5 Å². The summed E-state index contributed by atoms with van der Waals surface area (Å²) >= 11 is 0. The summed E-state index contributed by atoms with van der Waals surface area (Å²) in [6.07, 6.45) is 3.75. The lowest BCUT2D eigenvalue weighted by atomic mass is 10.1. The third kappa shape index (κ3) is 3.44. The van der Waals surface area contributed by atoms with Gasteiger partial charge in [0.1, 0.15) is 17.1 Å². The predicted molar refractivity (Wildman–Crippen MR) is 91.2 cm³/mol. The average molecular weight is 360 g/mol. The van der Waals surface area contributed by atoms with Crippen LogP contribution in [0.5, 0.6) is 0 Å². The molecule has 2 aromatic rings. The first kappa shape index (κ1) is 17.6. The van der Waals surface area contributed by atoms with Gasteiger partial charge in [0.05, 0.1) is 17.8 Å². The van der Waals surface area contributed by atoms with E-state index in [0.29, 0.717) is 18.6 Å². The molecule has 1 aliphatic rings. The zero-order chi connectivity index (χ0) is 18.0. The lowest BCUT2D eigenvalue weighted by Gasteiger charge is -2.19. The summed E-state index contributed by atoms with van der Waals surface area (Å²) in [4.78, 5) is 0.00454. The number of ether oxygens (including phenoxy) is 1. The molecule has 0 amide bonds. The van der Waals surface area contributed by atoms with Crippen molar-refractivity contribution in [3.05, 3.63) is 47.3 Å². The van der Waals surface area contributed by atoms with Gasteiger partial charge in [0.25, 0.3) is 0 Å². The number of aromatic nitrogens is 2. The quantitative estimate of drug-likeness (QED) is 0.878. The third-order valence-corrected chi connectivity index (χ3v) is 5.87. The average Bonchev–Trinajstić information content (AvgIpc) is 3.22. The number of nitrogens with zero attached hydrogens (tertiary/aromatic N) is 3. The molecule has 0 radical (unpaired) electrons. The van der Waals surface area contributed by atoms with E-state index >= 15 is 0 Å². The largest absolute Gasteiger partial charge is 0.372 e. The number of benzene rings is 1. The molecular weight excluding hydrogens is 340 g/mol. The highest BCUT2D eigenvalue weighted by Crippen LogP contribution is 2.30. The van der Waals surface area contributed by atoms with Gasteiger partial charge in [-0.15, -0.1) is 0 Å². The minimum Gasteiger partial charge on any atom is -0.372 e. The topological polar surface area (TPSA) is 97.0 Å². The van der Waals surface area contributed by atoms with Gasteiger partial charge in [0, 0.05) is 24.9 Å². The minimum absolute atomic E-state index is 0.00454. The predicted octanol–water partition coefficient (Wildman–Crippen LogP) is 1.89. The molecule has 2 heterocycles. The summed E-state index contributed by atoms with van der Waals surface area (Å²) in [5.74, 6) is 0. The molecule has 1 aliphatic heterocycles. The number of sulfonamides is 1. The smallest absolute Gasteiger partial charge is 0.242 e. The lowest BCUT2D eigenvalue weighted by molar-refractivity contribution is 0.102. The third-order valence-electron chi connectivity index (χ3n) is 4.34. The van der Waals surface area contributed by atoms with E-state index in [4.69, 9.17) is 4.74 Å². The maximum Gasteiger partial charge on any atom is 0.242 e. The molecule has 1 N–H and O–H groups in total. The van der Waals surface area contributed by atoms with E-state index in [-0.39, 0.29) is 16.6 Å². The Morgan fingerprint density at radius 3 is 2.96 bits per heavy atom. The number of aryl methyl sites for hydroxylation is 2. The Labute approximate surface area is 147 Å². The molecule has 0 aliphatic carbocycles. The second kappa shape index (κ2) is 6.96. The lowest BCUT2D eigenvalue weighted by Crippen LogP contribution is -2.37. The molecule has 0 bridgehead atoms. The Balaban J connectivity index is 1.88. The maximum absolute atomic E-state index is 12.8. The first-order chi connectivity index (χ1) is 12.0. The number of hydrogen-bond donors (Lipinski definition) is 1. The van der Waals surface area contributed by atoms with Gasteiger partial charge in [-0.2, -0.15) is 10.4 Å². The van der Waals surface area contributed by atoms with Gasteiger partial charge >= 0.3 is 0 Å². The highest BCUT2D eigenvalue weighted by atomic mass is 32.2. The summed E-state index contributed by atoms with van der Waals surface area (Å²) < 4.78 is 35.8. The summed E-state index contributed by atoms with van der Waals surface area (Å²) in [5, 5.41) is 13.5. The first-order valence-electron chi connectivity index (χ1n) is 8.12. The molecule has 1 aromatic heterocycles. The minimum atomic E-state index is -3.83. The fourth-order valence-corrected chi connectivity index (χ4v) is 4.51. The number of nitriles is 1. The van der Waals surface area contributed by atoms with Crippen LogP contribution in [-0.4, -0.2) is 30.8 Å². The van der Waals surface area contributed by atoms with Crippen LogP contribution < -0.4 is 4.72 Å². The van der Waals surface area contributed by atoms with E-state index < -0.39 is 16.1 Å². The molecule has 1 fully saturated rings. The summed E-state index contributed by atoms with van der Waals surface area (Å²) in [5.41, 5.74) is 1.65. The molecule has 25 heavy (non-hydrogen) atoms. The van der Waals surface area contributed by atoms with Crippen LogP contribution in [-0.2, 0) is 21.3 Å². The van der Waals surface area contributed by atoms with Crippen LogP contribution >= 0.6 is 0 Å². The Morgan fingerprint density at radius 2 is 2.28 bits per heavy atom. The zero-order valence-corrected chi connectivity index (χ0v) is 15.0. The van der Waals surface area contributed by atoms with Gasteiger partial charge in [-0.25, -0.2) is 13.1 Å². The normalized spacial score (nSPS) is 20.5. The maximum atomic E-state index is 12.8. The molecular formula is C17H20N4O3S. The van der Waals surface area contributed by atoms with Gasteiger partial charge in [0.2, 0.25) is 10.0 Å². The summed E-state index contributed by atoms with van der Waals surface area (Å²) in [6, 6.07) is 6.40. The molecule has 7 nitrogen and oxygen atoms in total. The van der Waals surface area contributed by atoms with Crippen LogP contribution in [0.25, 0.3) is 0 Å². The van der Waals surface area contributed by atoms with Crippen molar-refractivity contribution in [3.63, 3.8) is 0 Å². The van der Waals surface area contributed by atoms with Crippen molar-refractivity contribution in [3.8, 4) is 6.07 Å². The highest BCUT2D eigenvalue weighted by molar-refractivity contribution is 7.89. The Bertz CT molecular complexity index is 914. The van der Waals surface area contributed by atoms with E-state index in [1.807, 2.05) is 19.2 Å². The van der Waals surface area contributed by atoms with Crippen molar-refractivity contribution in [2.45, 2.75) is 43.9 Å². The first-order valence-corrected chi connectivity index (χ1v) is 9.60. The highest BCUT2D eigenvalue weighted by Gasteiger charge is 2.35. The van der Waals surface area contributed by atoms with Crippen molar-refractivity contribution in [1.29, 1.82) is 5.26 Å².